The van der Waals surface area contributed by atoms with E-state index in [0.29, 0.717) is 37.3 Å². The number of aryl methyl sites for hydroxylation is 1. The van der Waals surface area contributed by atoms with Crippen LogP contribution in [0.15, 0.2) is 72.9 Å². The number of rotatable bonds is 4. The second-order valence-electron chi connectivity index (χ2n) is 15.3. The summed E-state index contributed by atoms with van der Waals surface area (Å²) in [5.41, 5.74) is 3.38. The molecule has 1 fully saturated rings. The van der Waals surface area contributed by atoms with Gasteiger partial charge in [0.15, 0.2) is 0 Å². The van der Waals surface area contributed by atoms with E-state index in [1.54, 1.807) is 19.4 Å². The molecule has 0 radical (unpaired) electrons. The minimum Gasteiger partial charge on any atom is -0.490 e. The highest BCUT2D eigenvalue weighted by Crippen LogP contribution is 2.51. The molecular weight excluding hydrogens is 682 g/mol. The summed E-state index contributed by atoms with van der Waals surface area (Å²) in [6, 6.07) is 17.4. The highest BCUT2D eigenvalue weighted by atomic mass is 35.5. The van der Waals surface area contributed by atoms with Crippen molar-refractivity contribution in [2.45, 2.75) is 81.2 Å². The lowest BCUT2D eigenvalue weighted by atomic mass is 9.62. The van der Waals surface area contributed by atoms with Gasteiger partial charge in [0.1, 0.15) is 5.75 Å². The minimum absolute atomic E-state index is 0.0488. The van der Waals surface area contributed by atoms with Crippen molar-refractivity contribution in [3.05, 3.63) is 100 Å². The Hall–Kier alpha value is -3.37. The monoisotopic (exact) mass is 731 g/mol. The summed E-state index contributed by atoms with van der Waals surface area (Å²) < 4.78 is 30.0. The predicted molar refractivity (Wildman–Crippen MR) is 205 cm³/mol. The lowest BCUT2D eigenvalue weighted by Gasteiger charge is -2.51. The van der Waals surface area contributed by atoms with E-state index in [1.807, 2.05) is 50.2 Å². The van der Waals surface area contributed by atoms with Gasteiger partial charge in [-0.2, -0.15) is 0 Å². The minimum atomic E-state index is -3.00. The third kappa shape index (κ3) is 6.95. The molecule has 1 aromatic heterocycles. The van der Waals surface area contributed by atoms with E-state index in [4.69, 9.17) is 21.1 Å². The molecule has 8 atom stereocenters. The van der Waals surface area contributed by atoms with Gasteiger partial charge in [-0.3, -0.25) is 14.5 Å². The van der Waals surface area contributed by atoms with Gasteiger partial charge in [-0.15, -0.1) is 0 Å². The molecule has 2 aliphatic carbocycles. The average Bonchev–Trinajstić information content (AvgIpc) is 3.25. The average molecular weight is 732 g/mol. The fourth-order valence-corrected chi connectivity index (χ4v) is 10.6. The number of benzene rings is 2. The summed E-state index contributed by atoms with van der Waals surface area (Å²) in [5.74, 6) is 4.65. The number of aliphatic hydroxyl groups is 1. The molecule has 2 aliphatic heterocycles. The smallest absolute Gasteiger partial charge is 0.262 e. The summed E-state index contributed by atoms with van der Waals surface area (Å²) in [6.07, 6.45) is 11.0. The molecule has 1 amide bonds. The van der Waals surface area contributed by atoms with Crippen molar-refractivity contribution in [2.75, 3.05) is 31.7 Å². The van der Waals surface area contributed by atoms with Crippen LogP contribution in [-0.2, 0) is 26.3 Å². The van der Waals surface area contributed by atoms with E-state index in [2.05, 4.69) is 44.8 Å². The molecule has 3 heterocycles. The van der Waals surface area contributed by atoms with Crippen LogP contribution in [-0.4, -0.2) is 63.7 Å². The van der Waals surface area contributed by atoms with Gasteiger partial charge in [-0.05, 0) is 123 Å². The van der Waals surface area contributed by atoms with Gasteiger partial charge >= 0.3 is 0 Å². The SMILES string of the molecule is C=S1(=O)NC(=O)c2ccc3c(c2)N(C[C@@H]2CC[C@H]2[C@@](C[C@@H](O)c2ccccn2)(OC)/C=C/C[C@H](C)[C@H]1C)C[C@@]1(CCCc2cc(Cl)ccc21)CO3. The van der Waals surface area contributed by atoms with E-state index in [1.165, 1.54) is 11.1 Å². The Morgan fingerprint density at radius 3 is 2.78 bits per heavy atom. The molecule has 3 aromatic rings. The molecular formula is C41H50ClN3O5S. The van der Waals surface area contributed by atoms with Crippen LogP contribution in [0.25, 0.3) is 0 Å². The van der Waals surface area contributed by atoms with E-state index in [0.717, 1.165) is 55.1 Å². The van der Waals surface area contributed by atoms with Crippen LogP contribution in [0.3, 0.4) is 0 Å². The van der Waals surface area contributed by atoms with Crippen LogP contribution in [0.2, 0.25) is 5.02 Å². The molecule has 2 aromatic carbocycles. The third-order valence-electron chi connectivity index (χ3n) is 12.3. The molecule has 1 unspecified atom stereocenters. The number of carbonyl (C=O) groups is 1. The maximum absolute atomic E-state index is 14.0. The number of hydrogen-bond acceptors (Lipinski definition) is 7. The van der Waals surface area contributed by atoms with Crippen molar-refractivity contribution in [2.24, 2.45) is 17.8 Å². The summed E-state index contributed by atoms with van der Waals surface area (Å²) >= 11 is 6.49. The Morgan fingerprint density at radius 2 is 2.04 bits per heavy atom. The van der Waals surface area contributed by atoms with Crippen molar-refractivity contribution >= 4 is 38.8 Å². The van der Waals surface area contributed by atoms with Crippen LogP contribution >= 0.6 is 11.6 Å². The van der Waals surface area contributed by atoms with E-state index < -0.39 is 32.6 Å². The molecule has 0 saturated heterocycles. The molecule has 1 spiro atoms. The molecule has 51 heavy (non-hydrogen) atoms. The Balaban J connectivity index is 1.33. The van der Waals surface area contributed by atoms with Crippen molar-refractivity contribution in [3.63, 3.8) is 0 Å². The van der Waals surface area contributed by atoms with Crippen molar-refractivity contribution in [1.82, 2.24) is 9.71 Å². The molecule has 1 saturated carbocycles. The zero-order valence-electron chi connectivity index (χ0n) is 29.9. The Bertz CT molecular complexity index is 1900. The van der Waals surface area contributed by atoms with Crippen LogP contribution in [0, 0.1) is 17.8 Å². The first-order chi connectivity index (χ1) is 24.4. The van der Waals surface area contributed by atoms with E-state index >= 15 is 0 Å². The van der Waals surface area contributed by atoms with Crippen LogP contribution < -0.4 is 14.4 Å². The highest BCUT2D eigenvalue weighted by molar-refractivity contribution is 7.99. The lowest BCUT2D eigenvalue weighted by Crippen LogP contribution is -2.53. The van der Waals surface area contributed by atoms with Crippen molar-refractivity contribution in [3.8, 4) is 5.75 Å². The molecule has 7 rings (SSSR count). The largest absolute Gasteiger partial charge is 0.490 e. The number of carbonyl (C=O) groups excluding carboxylic acids is 1. The summed E-state index contributed by atoms with van der Waals surface area (Å²) in [5, 5.41) is 11.9. The molecule has 4 aliphatic rings. The van der Waals surface area contributed by atoms with Crippen LogP contribution in [0.1, 0.15) is 85.7 Å². The number of hydrogen-bond donors (Lipinski definition) is 2. The van der Waals surface area contributed by atoms with Gasteiger partial charge in [0.05, 0.1) is 39.4 Å². The zero-order valence-corrected chi connectivity index (χ0v) is 31.4. The van der Waals surface area contributed by atoms with Crippen molar-refractivity contribution in [1.29, 1.82) is 0 Å². The fraction of sp³-hybridized carbons (Fsp3) is 0.488. The molecule has 8 nitrogen and oxygen atoms in total. The number of methoxy groups -OCH3 is 1. The van der Waals surface area contributed by atoms with Crippen molar-refractivity contribution < 1.29 is 23.6 Å². The van der Waals surface area contributed by atoms with Gasteiger partial charge in [-0.1, -0.05) is 42.8 Å². The Kier molecular flexibility index (Phi) is 10.0. The number of anilines is 1. The first-order valence-electron chi connectivity index (χ1n) is 18.2. The number of amides is 1. The third-order valence-corrected chi connectivity index (χ3v) is 14.7. The summed E-state index contributed by atoms with van der Waals surface area (Å²) in [6.45, 7) is 5.84. The van der Waals surface area contributed by atoms with Gasteiger partial charge in [-0.25, -0.2) is 4.21 Å². The number of allylic oxidation sites excluding steroid dienone is 1. The highest BCUT2D eigenvalue weighted by Gasteiger charge is 2.50. The number of halogens is 1. The van der Waals surface area contributed by atoms with Gasteiger partial charge in [0, 0.05) is 54.1 Å². The first-order valence-corrected chi connectivity index (χ1v) is 20.4. The second kappa shape index (κ2) is 14.2. The predicted octanol–water partition coefficient (Wildman–Crippen LogP) is 7.09. The topological polar surface area (TPSA) is 101 Å². The van der Waals surface area contributed by atoms with E-state index in [9.17, 15) is 14.1 Å². The van der Waals surface area contributed by atoms with Gasteiger partial charge in [0.25, 0.3) is 5.91 Å². The summed E-state index contributed by atoms with van der Waals surface area (Å²) in [7, 11) is -1.26. The number of aromatic nitrogens is 1. The fourth-order valence-electron chi connectivity index (χ4n) is 8.95. The standard InChI is InChI=1S/C41H50ClN3O5S/c1-27-9-7-19-41(49-3,23-37(46)35-11-5-6-20-43-35)34-15-12-31(34)24-45-25-40(18-8-10-29-21-32(42)14-16-33(29)40)26-50-38-17-13-30(22-36(38)45)39(47)44-51(4,48)28(27)2/h5-7,11,13-14,16-17,19-22,27-28,31,34,37,46H,4,8-10,12,15,18,23-26H2,1-3H3,(H,44,47,48)/b19-7+/t27-,28+,31-,34+,37+,40-,41+,51?/m0/s1. The second-order valence-corrected chi connectivity index (χ2v) is 18.2. The number of pyridine rings is 1. The quantitative estimate of drug-likeness (QED) is 0.218. The Morgan fingerprint density at radius 1 is 1.20 bits per heavy atom. The molecule has 10 heteroatoms. The summed E-state index contributed by atoms with van der Waals surface area (Å²) in [4.78, 5) is 20.6. The zero-order chi connectivity index (χ0) is 36.0. The number of nitrogens with one attached hydrogen (secondary N) is 1. The number of fused-ring (bicyclic) bond motifs is 4. The molecule has 2 bridgehead atoms. The number of nitrogens with zero attached hydrogens (tertiary/aromatic N) is 2. The maximum atomic E-state index is 14.0. The normalized spacial score (nSPS) is 33.4. The number of aliphatic hydroxyl groups excluding tert-OH is 1. The molecule has 2 N–H and O–H groups in total. The van der Waals surface area contributed by atoms with Gasteiger partial charge < -0.3 is 19.5 Å². The Labute approximate surface area is 307 Å². The lowest BCUT2D eigenvalue weighted by molar-refractivity contribution is -0.0992. The van der Waals surface area contributed by atoms with Crippen LogP contribution in [0.5, 0.6) is 5.75 Å². The number of ether oxygens (including phenoxy) is 2. The maximum Gasteiger partial charge on any atom is 0.262 e. The van der Waals surface area contributed by atoms with Crippen LogP contribution in [0.4, 0.5) is 5.69 Å². The van der Waals surface area contributed by atoms with E-state index in [-0.39, 0.29) is 23.2 Å². The molecule has 272 valence electrons. The first kappa shape index (κ1) is 36.0. The van der Waals surface area contributed by atoms with Gasteiger partial charge in [0.2, 0.25) is 0 Å².